The lowest BCUT2D eigenvalue weighted by atomic mass is 10.3. The first-order valence-corrected chi connectivity index (χ1v) is 3.33. The van der Waals surface area contributed by atoms with Gasteiger partial charge >= 0.3 is 0 Å². The lowest BCUT2D eigenvalue weighted by molar-refractivity contribution is 0.460. The van der Waals surface area contributed by atoms with Crippen LogP contribution in [0.15, 0.2) is 22.9 Å². The van der Waals surface area contributed by atoms with E-state index in [9.17, 15) is 0 Å². The van der Waals surface area contributed by atoms with Crippen LogP contribution in [0, 0.1) is 0 Å². The minimum absolute atomic E-state index is 0.852. The fraction of sp³-hybridized carbons (Fsp3) is 0.429. The number of halogens is 1. The number of likely N-dealkylation sites (N-methyl/N-ethyl adjacent to an activating group) is 1. The molecule has 1 nitrogen and oxygen atoms in total. The predicted molar refractivity (Wildman–Crippen MR) is 40.3 cm³/mol. The van der Waals surface area contributed by atoms with E-state index in [0.29, 0.717) is 0 Å². The summed E-state index contributed by atoms with van der Waals surface area (Å²) in [5, 5.41) is 0.852. The minimum atomic E-state index is 0.852. The highest BCUT2D eigenvalue weighted by atomic mass is 35.5. The van der Waals surface area contributed by atoms with E-state index in [1.807, 2.05) is 19.2 Å². The van der Waals surface area contributed by atoms with Crippen molar-refractivity contribution in [3.8, 4) is 0 Å². The summed E-state index contributed by atoms with van der Waals surface area (Å²) in [6.07, 6.45) is 3.96. The maximum atomic E-state index is 5.73. The number of nitrogens with zero attached hydrogens (tertiary/aromatic N) is 1. The number of allylic oxidation sites excluding steroid dienone is 3. The van der Waals surface area contributed by atoms with Crippen LogP contribution in [0.2, 0.25) is 0 Å². The molecule has 0 aromatic rings. The van der Waals surface area contributed by atoms with E-state index in [1.165, 1.54) is 5.70 Å². The summed E-state index contributed by atoms with van der Waals surface area (Å²) in [5.74, 6) is 0. The standard InChI is InChI=1S/C7H10ClN/c1-6-5-7(8)3-4-9(6)2/h3,5H,4H2,1-2H3. The highest BCUT2D eigenvalue weighted by Gasteiger charge is 2.02. The van der Waals surface area contributed by atoms with Crippen LogP contribution >= 0.6 is 11.6 Å². The second-order valence-electron chi connectivity index (χ2n) is 2.26. The van der Waals surface area contributed by atoms with Gasteiger partial charge in [0.25, 0.3) is 0 Å². The zero-order chi connectivity index (χ0) is 6.85. The van der Waals surface area contributed by atoms with E-state index in [4.69, 9.17) is 11.6 Å². The van der Waals surface area contributed by atoms with E-state index in [2.05, 4.69) is 11.8 Å². The summed E-state index contributed by atoms with van der Waals surface area (Å²) in [6, 6.07) is 0. The molecule has 0 atom stereocenters. The zero-order valence-electron chi connectivity index (χ0n) is 5.69. The van der Waals surface area contributed by atoms with Crippen molar-refractivity contribution in [2.24, 2.45) is 0 Å². The van der Waals surface area contributed by atoms with Gasteiger partial charge in [0.1, 0.15) is 0 Å². The van der Waals surface area contributed by atoms with Crippen LogP contribution in [0.25, 0.3) is 0 Å². The molecule has 0 spiro atoms. The Bertz CT molecular complexity index is 170. The molecular weight excluding hydrogens is 134 g/mol. The fourth-order valence-electron chi connectivity index (χ4n) is 0.737. The SMILES string of the molecule is CC1=CC(Cl)=CCN1C. The summed E-state index contributed by atoms with van der Waals surface area (Å²) < 4.78 is 0. The molecule has 1 heterocycles. The second kappa shape index (κ2) is 2.44. The molecule has 0 N–H and O–H groups in total. The average molecular weight is 144 g/mol. The highest BCUT2D eigenvalue weighted by Crippen LogP contribution is 2.14. The topological polar surface area (TPSA) is 3.24 Å². The van der Waals surface area contributed by atoms with Crippen LogP contribution in [0.5, 0.6) is 0 Å². The summed E-state index contributed by atoms with van der Waals surface area (Å²) in [5.41, 5.74) is 1.22. The molecule has 0 saturated carbocycles. The maximum Gasteiger partial charge on any atom is 0.0400 e. The summed E-state index contributed by atoms with van der Waals surface area (Å²) in [6.45, 7) is 2.98. The molecule has 0 unspecified atom stereocenters. The Hall–Kier alpha value is -0.430. The van der Waals surface area contributed by atoms with Gasteiger partial charge in [0.2, 0.25) is 0 Å². The van der Waals surface area contributed by atoms with Crippen molar-refractivity contribution in [3.63, 3.8) is 0 Å². The van der Waals surface area contributed by atoms with Gasteiger partial charge in [-0.25, -0.2) is 0 Å². The Morgan fingerprint density at radius 3 is 2.78 bits per heavy atom. The highest BCUT2D eigenvalue weighted by molar-refractivity contribution is 6.31. The van der Waals surface area contributed by atoms with E-state index < -0.39 is 0 Å². The van der Waals surface area contributed by atoms with Gasteiger partial charge in [-0.15, -0.1) is 0 Å². The van der Waals surface area contributed by atoms with Crippen molar-refractivity contribution in [1.82, 2.24) is 4.90 Å². The van der Waals surface area contributed by atoms with Gasteiger partial charge < -0.3 is 4.90 Å². The Balaban J connectivity index is 2.74. The van der Waals surface area contributed by atoms with Gasteiger partial charge in [0, 0.05) is 24.3 Å². The van der Waals surface area contributed by atoms with E-state index >= 15 is 0 Å². The first-order valence-electron chi connectivity index (χ1n) is 2.95. The molecule has 1 aliphatic rings. The van der Waals surface area contributed by atoms with Crippen molar-refractivity contribution < 1.29 is 0 Å². The Morgan fingerprint density at radius 1 is 1.67 bits per heavy atom. The summed E-state index contributed by atoms with van der Waals surface area (Å²) in [7, 11) is 2.05. The maximum absolute atomic E-state index is 5.73. The normalized spacial score (nSPS) is 19.2. The summed E-state index contributed by atoms with van der Waals surface area (Å²) in [4.78, 5) is 2.14. The lowest BCUT2D eigenvalue weighted by Gasteiger charge is -2.20. The van der Waals surface area contributed by atoms with Crippen LogP contribution in [-0.2, 0) is 0 Å². The molecule has 0 aromatic heterocycles. The van der Waals surface area contributed by atoms with Gasteiger partial charge in [-0.05, 0) is 19.1 Å². The van der Waals surface area contributed by atoms with Crippen molar-refractivity contribution in [2.45, 2.75) is 6.92 Å². The fourth-order valence-corrected chi connectivity index (χ4v) is 0.964. The van der Waals surface area contributed by atoms with Gasteiger partial charge in [-0.2, -0.15) is 0 Å². The van der Waals surface area contributed by atoms with Crippen molar-refractivity contribution in [3.05, 3.63) is 22.9 Å². The average Bonchev–Trinajstić information content (AvgIpc) is 1.80. The first-order chi connectivity index (χ1) is 4.20. The quantitative estimate of drug-likeness (QED) is 0.501. The molecule has 0 amide bonds. The van der Waals surface area contributed by atoms with Crippen LogP contribution in [-0.4, -0.2) is 18.5 Å². The van der Waals surface area contributed by atoms with E-state index in [0.717, 1.165) is 11.6 Å². The third-order valence-electron chi connectivity index (χ3n) is 1.51. The molecule has 0 aliphatic carbocycles. The molecule has 0 aromatic carbocycles. The molecule has 0 fully saturated rings. The molecule has 9 heavy (non-hydrogen) atoms. The van der Waals surface area contributed by atoms with Crippen LogP contribution < -0.4 is 0 Å². The van der Waals surface area contributed by atoms with E-state index in [-0.39, 0.29) is 0 Å². The molecule has 50 valence electrons. The molecule has 1 rings (SSSR count). The van der Waals surface area contributed by atoms with Crippen molar-refractivity contribution >= 4 is 11.6 Å². The monoisotopic (exact) mass is 143 g/mol. The smallest absolute Gasteiger partial charge is 0.0400 e. The first kappa shape index (κ1) is 6.69. The number of hydrogen-bond acceptors (Lipinski definition) is 1. The van der Waals surface area contributed by atoms with Crippen LogP contribution in [0.3, 0.4) is 0 Å². The van der Waals surface area contributed by atoms with Gasteiger partial charge in [-0.3, -0.25) is 0 Å². The van der Waals surface area contributed by atoms with Gasteiger partial charge in [0.05, 0.1) is 0 Å². The number of rotatable bonds is 0. The Morgan fingerprint density at radius 2 is 2.33 bits per heavy atom. The Kier molecular flexibility index (Phi) is 1.81. The molecule has 1 aliphatic heterocycles. The van der Waals surface area contributed by atoms with Crippen molar-refractivity contribution in [1.29, 1.82) is 0 Å². The molecule has 0 saturated heterocycles. The largest absolute Gasteiger partial charge is 0.374 e. The van der Waals surface area contributed by atoms with Gasteiger partial charge in [-0.1, -0.05) is 11.6 Å². The number of hydrogen-bond donors (Lipinski definition) is 0. The third-order valence-corrected chi connectivity index (χ3v) is 1.77. The van der Waals surface area contributed by atoms with Crippen LogP contribution in [0.4, 0.5) is 0 Å². The van der Waals surface area contributed by atoms with Crippen LogP contribution in [0.1, 0.15) is 6.92 Å². The second-order valence-corrected chi connectivity index (χ2v) is 2.69. The van der Waals surface area contributed by atoms with E-state index in [1.54, 1.807) is 0 Å². The predicted octanol–water partition coefficient (Wildman–Crippen LogP) is 1.96. The zero-order valence-corrected chi connectivity index (χ0v) is 6.44. The third kappa shape index (κ3) is 1.49. The molecule has 0 radical (unpaired) electrons. The van der Waals surface area contributed by atoms with Crippen molar-refractivity contribution in [2.75, 3.05) is 13.6 Å². The Labute approximate surface area is 60.6 Å². The molecule has 2 heteroatoms. The lowest BCUT2D eigenvalue weighted by Crippen LogP contribution is -2.18. The minimum Gasteiger partial charge on any atom is -0.374 e. The summed E-state index contributed by atoms with van der Waals surface area (Å²) >= 11 is 5.73. The van der Waals surface area contributed by atoms with Gasteiger partial charge in [0.15, 0.2) is 0 Å². The molecule has 0 bridgehead atoms. The molecular formula is C7H10ClN.